The molecule has 166 valence electrons. The summed E-state index contributed by atoms with van der Waals surface area (Å²) in [4.78, 5) is 19.2. The molecule has 1 amide bonds. The normalized spacial score (nSPS) is 13.0. The van der Waals surface area contributed by atoms with Gasteiger partial charge < -0.3 is 14.1 Å². The van der Waals surface area contributed by atoms with Crippen LogP contribution in [0.5, 0.6) is 5.75 Å². The van der Waals surface area contributed by atoms with Crippen molar-refractivity contribution in [1.82, 2.24) is 15.2 Å². The average molecular weight is 448 g/mol. The molecule has 9 heteroatoms. The van der Waals surface area contributed by atoms with Crippen molar-refractivity contribution in [1.29, 1.82) is 0 Å². The fraction of sp³-hybridized carbons (Fsp3) is 0.167. The number of fused-ring (bicyclic) bond motifs is 1. The van der Waals surface area contributed by atoms with E-state index in [1.54, 1.807) is 35.5 Å². The van der Waals surface area contributed by atoms with E-state index in [0.717, 1.165) is 22.4 Å². The molecule has 0 fully saturated rings. The standard InChI is InChI=1S/C24H18F2N4O3/c1-2-32-20-12-27-10-9-17(20)16-5-3-4-6-19(16)30-13-15-8-7-14(11-18(15)24(30)31)22-28-29-23(33-22)21(25)26/h3-12,21H,2,13H2,1H3. The van der Waals surface area contributed by atoms with Gasteiger partial charge in [0.05, 0.1) is 25.0 Å². The van der Waals surface area contributed by atoms with Crippen LogP contribution in [0, 0.1) is 0 Å². The number of para-hydroxylation sites is 1. The molecule has 0 atom stereocenters. The third kappa shape index (κ3) is 3.71. The SMILES string of the molecule is CCOc1cnccc1-c1ccccc1N1Cc2ccc(-c3nnc(C(F)F)o3)cc2C1=O. The Balaban J connectivity index is 1.51. The molecule has 0 spiro atoms. The zero-order valence-electron chi connectivity index (χ0n) is 17.5. The smallest absolute Gasteiger partial charge is 0.314 e. The lowest BCUT2D eigenvalue weighted by molar-refractivity contribution is 0.0996. The number of nitrogens with zero attached hydrogens (tertiary/aromatic N) is 4. The highest BCUT2D eigenvalue weighted by Crippen LogP contribution is 2.40. The molecular formula is C24H18F2N4O3. The number of hydrogen-bond donors (Lipinski definition) is 0. The number of rotatable bonds is 6. The Morgan fingerprint density at radius 2 is 1.94 bits per heavy atom. The highest BCUT2D eigenvalue weighted by atomic mass is 19.3. The number of aromatic nitrogens is 3. The molecule has 0 bridgehead atoms. The number of ether oxygens (including phenoxy) is 1. The van der Waals surface area contributed by atoms with Gasteiger partial charge in [-0.05, 0) is 36.8 Å². The summed E-state index contributed by atoms with van der Waals surface area (Å²) in [5.41, 5.74) is 4.07. The van der Waals surface area contributed by atoms with E-state index in [2.05, 4.69) is 15.2 Å². The van der Waals surface area contributed by atoms with Crippen molar-refractivity contribution in [3.63, 3.8) is 0 Å². The summed E-state index contributed by atoms with van der Waals surface area (Å²) < 4.78 is 36.4. The Kier molecular flexibility index (Phi) is 5.29. The van der Waals surface area contributed by atoms with Gasteiger partial charge >= 0.3 is 6.43 Å². The number of amides is 1. The van der Waals surface area contributed by atoms with Crippen LogP contribution in [0.25, 0.3) is 22.6 Å². The topological polar surface area (TPSA) is 81.3 Å². The van der Waals surface area contributed by atoms with Gasteiger partial charge in [0, 0.05) is 28.5 Å². The Hall–Kier alpha value is -4.14. The summed E-state index contributed by atoms with van der Waals surface area (Å²) in [5.74, 6) is -0.391. The van der Waals surface area contributed by atoms with Crippen LogP contribution in [0.3, 0.4) is 0 Å². The number of hydrogen-bond acceptors (Lipinski definition) is 6. The Labute approximate surface area is 187 Å². The molecule has 1 aliphatic rings. The first-order valence-corrected chi connectivity index (χ1v) is 10.3. The average Bonchev–Trinajstić information content (AvgIpc) is 3.45. The predicted octanol–water partition coefficient (Wildman–Crippen LogP) is 5.30. The summed E-state index contributed by atoms with van der Waals surface area (Å²) in [6.45, 7) is 2.75. The van der Waals surface area contributed by atoms with Gasteiger partial charge in [-0.25, -0.2) is 0 Å². The summed E-state index contributed by atoms with van der Waals surface area (Å²) in [5, 5.41) is 7.03. The lowest BCUT2D eigenvalue weighted by atomic mass is 10.0. The van der Waals surface area contributed by atoms with Crippen molar-refractivity contribution in [2.24, 2.45) is 0 Å². The van der Waals surface area contributed by atoms with E-state index in [0.29, 0.717) is 30.0 Å². The van der Waals surface area contributed by atoms with Crippen LogP contribution in [-0.2, 0) is 6.54 Å². The van der Waals surface area contributed by atoms with Gasteiger partial charge in [0.1, 0.15) is 5.75 Å². The lowest BCUT2D eigenvalue weighted by Gasteiger charge is -2.21. The number of alkyl halides is 2. The molecule has 0 unspecified atom stereocenters. The summed E-state index contributed by atoms with van der Waals surface area (Å²) in [6, 6.07) is 14.5. The van der Waals surface area contributed by atoms with Crippen molar-refractivity contribution in [3.8, 4) is 28.3 Å². The number of pyridine rings is 1. The minimum atomic E-state index is -2.86. The molecule has 0 radical (unpaired) electrons. The number of carbonyl (C=O) groups excluding carboxylic acids is 1. The maximum atomic E-state index is 13.4. The van der Waals surface area contributed by atoms with Crippen LogP contribution in [-0.4, -0.2) is 27.7 Å². The van der Waals surface area contributed by atoms with Crippen molar-refractivity contribution >= 4 is 11.6 Å². The third-order valence-electron chi connectivity index (χ3n) is 5.36. The Morgan fingerprint density at radius 1 is 1.09 bits per heavy atom. The summed E-state index contributed by atoms with van der Waals surface area (Å²) >= 11 is 0. The molecule has 1 aliphatic heterocycles. The van der Waals surface area contributed by atoms with Gasteiger partial charge in [0.25, 0.3) is 11.8 Å². The van der Waals surface area contributed by atoms with Crippen molar-refractivity contribution < 1.29 is 22.7 Å². The van der Waals surface area contributed by atoms with Crippen molar-refractivity contribution in [2.45, 2.75) is 19.9 Å². The largest absolute Gasteiger partial charge is 0.492 e. The second-order valence-electron chi connectivity index (χ2n) is 7.33. The first-order valence-electron chi connectivity index (χ1n) is 10.3. The fourth-order valence-electron chi connectivity index (χ4n) is 3.88. The molecule has 2 aromatic heterocycles. The minimum absolute atomic E-state index is 0.0575. The zero-order valence-corrected chi connectivity index (χ0v) is 17.5. The number of halogens is 2. The zero-order chi connectivity index (χ0) is 22.9. The van der Waals surface area contributed by atoms with E-state index in [1.165, 1.54) is 0 Å². The minimum Gasteiger partial charge on any atom is -0.492 e. The first kappa shape index (κ1) is 20.7. The van der Waals surface area contributed by atoms with E-state index in [-0.39, 0.29) is 11.8 Å². The van der Waals surface area contributed by atoms with Crippen LogP contribution < -0.4 is 9.64 Å². The van der Waals surface area contributed by atoms with Gasteiger partial charge in [0.2, 0.25) is 5.89 Å². The maximum Gasteiger partial charge on any atom is 0.314 e. The van der Waals surface area contributed by atoms with E-state index >= 15 is 0 Å². The Bertz CT molecular complexity index is 1340. The van der Waals surface area contributed by atoms with E-state index < -0.39 is 12.3 Å². The number of carbonyl (C=O) groups is 1. The van der Waals surface area contributed by atoms with Gasteiger partial charge in [-0.1, -0.05) is 24.3 Å². The highest BCUT2D eigenvalue weighted by Gasteiger charge is 2.31. The molecule has 3 heterocycles. The van der Waals surface area contributed by atoms with Crippen LogP contribution in [0.1, 0.15) is 35.2 Å². The molecular weight excluding hydrogens is 430 g/mol. The van der Waals surface area contributed by atoms with Crippen molar-refractivity contribution in [3.05, 3.63) is 77.9 Å². The molecule has 0 N–H and O–H groups in total. The number of anilines is 1. The monoisotopic (exact) mass is 448 g/mol. The van der Waals surface area contributed by atoms with E-state index in [9.17, 15) is 13.6 Å². The molecule has 0 saturated heterocycles. The maximum absolute atomic E-state index is 13.4. The first-order chi connectivity index (χ1) is 16.1. The lowest BCUT2D eigenvalue weighted by Crippen LogP contribution is -2.23. The van der Waals surface area contributed by atoms with Crippen LogP contribution in [0.15, 0.2) is 65.3 Å². The molecule has 4 aromatic rings. The molecule has 2 aromatic carbocycles. The molecule has 5 rings (SSSR count). The second kappa shape index (κ2) is 8.42. The Morgan fingerprint density at radius 3 is 2.73 bits per heavy atom. The predicted molar refractivity (Wildman–Crippen MR) is 116 cm³/mol. The quantitative estimate of drug-likeness (QED) is 0.398. The molecule has 33 heavy (non-hydrogen) atoms. The van der Waals surface area contributed by atoms with E-state index in [4.69, 9.17) is 9.15 Å². The van der Waals surface area contributed by atoms with Crippen LogP contribution >= 0.6 is 0 Å². The van der Waals surface area contributed by atoms with Crippen molar-refractivity contribution in [2.75, 3.05) is 11.5 Å². The summed E-state index contributed by atoms with van der Waals surface area (Å²) in [7, 11) is 0. The van der Waals surface area contributed by atoms with E-state index in [1.807, 2.05) is 37.3 Å². The van der Waals surface area contributed by atoms with Gasteiger partial charge in [-0.3, -0.25) is 9.78 Å². The van der Waals surface area contributed by atoms with Crippen LogP contribution in [0.2, 0.25) is 0 Å². The fourth-order valence-corrected chi connectivity index (χ4v) is 3.88. The van der Waals surface area contributed by atoms with Gasteiger partial charge in [0.15, 0.2) is 0 Å². The molecule has 0 aliphatic carbocycles. The van der Waals surface area contributed by atoms with Crippen LogP contribution in [0.4, 0.5) is 14.5 Å². The number of benzene rings is 2. The summed E-state index contributed by atoms with van der Waals surface area (Å²) in [6.07, 6.45) is 0.476. The van der Waals surface area contributed by atoms with Gasteiger partial charge in [-0.2, -0.15) is 8.78 Å². The van der Waals surface area contributed by atoms with Gasteiger partial charge in [-0.15, -0.1) is 10.2 Å². The highest BCUT2D eigenvalue weighted by molar-refractivity contribution is 6.12. The second-order valence-corrected chi connectivity index (χ2v) is 7.33. The molecule has 7 nitrogen and oxygen atoms in total. The third-order valence-corrected chi connectivity index (χ3v) is 5.36. The molecule has 0 saturated carbocycles.